The first-order valence-corrected chi connectivity index (χ1v) is 11.7. The molecular formula is C22H36N6O2. The molecule has 0 bridgehead atoms. The summed E-state index contributed by atoms with van der Waals surface area (Å²) in [5.41, 5.74) is 0. The Hall–Kier alpha value is -1.93. The molecule has 0 aliphatic carbocycles. The number of nitrogens with zero attached hydrogens (tertiary/aromatic N) is 5. The second kappa shape index (κ2) is 10.4. The Labute approximate surface area is 179 Å². The van der Waals surface area contributed by atoms with Crippen molar-refractivity contribution in [3.63, 3.8) is 0 Å². The lowest BCUT2D eigenvalue weighted by Crippen LogP contribution is -2.51. The molecule has 0 aromatic carbocycles. The van der Waals surface area contributed by atoms with Gasteiger partial charge >= 0.3 is 5.97 Å². The third kappa shape index (κ3) is 5.82. The summed E-state index contributed by atoms with van der Waals surface area (Å²) < 4.78 is 0. The van der Waals surface area contributed by atoms with Crippen LogP contribution < -0.4 is 10.2 Å². The minimum absolute atomic E-state index is 0.168. The molecule has 0 spiro atoms. The van der Waals surface area contributed by atoms with Crippen LogP contribution in [0.1, 0.15) is 51.4 Å². The van der Waals surface area contributed by atoms with Crippen molar-refractivity contribution in [2.75, 3.05) is 56.0 Å². The van der Waals surface area contributed by atoms with Gasteiger partial charge in [-0.2, -0.15) is 4.98 Å². The van der Waals surface area contributed by atoms with Gasteiger partial charge in [0.25, 0.3) is 0 Å². The third-order valence-electron chi connectivity index (χ3n) is 6.79. The maximum atomic E-state index is 10.9. The first-order valence-electron chi connectivity index (χ1n) is 11.7. The Balaban J connectivity index is 1.30. The van der Waals surface area contributed by atoms with E-state index in [0.717, 1.165) is 70.3 Å². The number of hydrogen-bond acceptors (Lipinski definition) is 7. The molecule has 0 amide bonds. The van der Waals surface area contributed by atoms with Crippen LogP contribution in [0, 0.1) is 0 Å². The summed E-state index contributed by atoms with van der Waals surface area (Å²) in [7, 11) is 0. The lowest BCUT2D eigenvalue weighted by Gasteiger charge is -2.42. The minimum atomic E-state index is -0.724. The predicted octanol–water partition coefficient (Wildman–Crippen LogP) is 2.28. The molecule has 1 unspecified atom stereocenters. The Morgan fingerprint density at radius 3 is 2.53 bits per heavy atom. The smallest absolute Gasteiger partial charge is 0.317 e. The first-order chi connectivity index (χ1) is 14.7. The van der Waals surface area contributed by atoms with Crippen LogP contribution in [0.4, 0.5) is 11.8 Å². The number of carbonyl (C=O) groups is 1. The Kier molecular flexibility index (Phi) is 7.38. The summed E-state index contributed by atoms with van der Waals surface area (Å²) in [4.78, 5) is 27.3. The van der Waals surface area contributed by atoms with Crippen LogP contribution in [0.15, 0.2) is 12.3 Å². The molecule has 166 valence electrons. The van der Waals surface area contributed by atoms with Gasteiger partial charge in [-0.3, -0.25) is 14.6 Å². The molecule has 3 aliphatic rings. The summed E-state index contributed by atoms with van der Waals surface area (Å²) in [5.74, 6) is 1.07. The van der Waals surface area contributed by atoms with Gasteiger partial charge in [0.15, 0.2) is 0 Å². The molecule has 0 radical (unpaired) electrons. The molecule has 0 saturated carbocycles. The highest BCUT2D eigenvalue weighted by atomic mass is 16.4. The van der Waals surface area contributed by atoms with E-state index < -0.39 is 5.97 Å². The maximum absolute atomic E-state index is 10.9. The van der Waals surface area contributed by atoms with Crippen molar-refractivity contribution in [1.82, 2.24) is 19.8 Å². The van der Waals surface area contributed by atoms with Crippen LogP contribution in [0.5, 0.6) is 0 Å². The molecule has 4 heterocycles. The SMILES string of the molecule is O=C(O)CN1CCC(N2CCCC(Nc3nccc(N4CCCCCC4)n3)C2)CC1. The molecule has 8 heteroatoms. The summed E-state index contributed by atoms with van der Waals surface area (Å²) in [6, 6.07) is 2.97. The highest BCUT2D eigenvalue weighted by Gasteiger charge is 2.29. The number of aliphatic carboxylic acids is 1. The predicted molar refractivity (Wildman–Crippen MR) is 118 cm³/mol. The normalized spacial score (nSPS) is 25.1. The number of rotatable bonds is 6. The van der Waals surface area contributed by atoms with Crippen LogP contribution in [0.3, 0.4) is 0 Å². The standard InChI is InChI=1S/C22H36N6O2/c29-21(30)17-26-14-8-19(9-15-26)28-13-5-6-18(16-28)24-22-23-10-7-20(25-22)27-11-3-1-2-4-12-27/h7,10,18-19H,1-6,8-9,11-17H2,(H,29,30)(H,23,24,25). The van der Waals surface area contributed by atoms with E-state index in [1.165, 1.54) is 32.1 Å². The summed E-state index contributed by atoms with van der Waals surface area (Å²) in [6.07, 6.45) is 11.5. The second-order valence-electron chi connectivity index (χ2n) is 9.02. The molecule has 30 heavy (non-hydrogen) atoms. The summed E-state index contributed by atoms with van der Waals surface area (Å²) >= 11 is 0. The highest BCUT2D eigenvalue weighted by molar-refractivity contribution is 5.69. The first kappa shape index (κ1) is 21.3. The number of carboxylic acid groups (broad SMARTS) is 1. The largest absolute Gasteiger partial charge is 0.480 e. The molecule has 1 aromatic rings. The summed E-state index contributed by atoms with van der Waals surface area (Å²) in [5, 5.41) is 12.6. The van der Waals surface area contributed by atoms with Crippen molar-refractivity contribution in [3.8, 4) is 0 Å². The zero-order valence-corrected chi connectivity index (χ0v) is 18.0. The van der Waals surface area contributed by atoms with Gasteiger partial charge in [-0.1, -0.05) is 12.8 Å². The van der Waals surface area contributed by atoms with E-state index in [2.05, 4.69) is 25.0 Å². The van der Waals surface area contributed by atoms with Gasteiger partial charge in [-0.05, 0) is 51.1 Å². The van der Waals surface area contributed by atoms with Gasteiger partial charge in [0, 0.05) is 51.0 Å². The van der Waals surface area contributed by atoms with Gasteiger partial charge in [0.2, 0.25) is 5.95 Å². The fourth-order valence-electron chi connectivity index (χ4n) is 5.17. The number of anilines is 2. The lowest BCUT2D eigenvalue weighted by molar-refractivity contribution is -0.138. The van der Waals surface area contributed by atoms with Crippen LogP contribution in [0.25, 0.3) is 0 Å². The molecule has 3 aliphatic heterocycles. The van der Waals surface area contributed by atoms with Crippen LogP contribution in [-0.2, 0) is 4.79 Å². The average molecular weight is 417 g/mol. The van der Waals surface area contributed by atoms with Crippen molar-refractivity contribution in [2.24, 2.45) is 0 Å². The molecule has 1 atom stereocenters. The highest BCUT2D eigenvalue weighted by Crippen LogP contribution is 2.23. The number of piperidine rings is 2. The van der Waals surface area contributed by atoms with Gasteiger partial charge in [-0.25, -0.2) is 4.98 Å². The van der Waals surface area contributed by atoms with Gasteiger partial charge < -0.3 is 15.3 Å². The summed E-state index contributed by atoms with van der Waals surface area (Å²) in [6.45, 7) is 6.26. The average Bonchev–Trinajstić information content (AvgIpc) is 3.04. The van der Waals surface area contributed by atoms with Crippen molar-refractivity contribution in [2.45, 2.75) is 63.5 Å². The van der Waals surface area contributed by atoms with Gasteiger partial charge in [-0.15, -0.1) is 0 Å². The molecular weight excluding hydrogens is 380 g/mol. The fraction of sp³-hybridized carbons (Fsp3) is 0.773. The van der Waals surface area contributed by atoms with E-state index in [-0.39, 0.29) is 6.54 Å². The molecule has 2 N–H and O–H groups in total. The monoisotopic (exact) mass is 416 g/mol. The third-order valence-corrected chi connectivity index (χ3v) is 6.79. The quantitative estimate of drug-likeness (QED) is 0.731. The van der Waals surface area contributed by atoms with E-state index in [1.807, 2.05) is 12.3 Å². The van der Waals surface area contributed by atoms with Gasteiger partial charge in [0.05, 0.1) is 6.54 Å². The van der Waals surface area contributed by atoms with E-state index in [0.29, 0.717) is 12.1 Å². The number of hydrogen-bond donors (Lipinski definition) is 2. The fourth-order valence-corrected chi connectivity index (χ4v) is 5.17. The van der Waals surface area contributed by atoms with E-state index >= 15 is 0 Å². The van der Waals surface area contributed by atoms with E-state index in [1.54, 1.807) is 0 Å². The molecule has 3 saturated heterocycles. The minimum Gasteiger partial charge on any atom is -0.480 e. The zero-order chi connectivity index (χ0) is 20.8. The second-order valence-corrected chi connectivity index (χ2v) is 9.02. The van der Waals surface area contributed by atoms with Crippen LogP contribution in [-0.4, -0.2) is 88.7 Å². The number of likely N-dealkylation sites (tertiary alicyclic amines) is 2. The number of aromatic nitrogens is 2. The molecule has 1 aromatic heterocycles. The Morgan fingerprint density at radius 2 is 1.80 bits per heavy atom. The zero-order valence-electron chi connectivity index (χ0n) is 18.0. The van der Waals surface area contributed by atoms with Crippen molar-refractivity contribution in [1.29, 1.82) is 0 Å². The van der Waals surface area contributed by atoms with Crippen molar-refractivity contribution >= 4 is 17.7 Å². The Morgan fingerprint density at radius 1 is 1.03 bits per heavy atom. The van der Waals surface area contributed by atoms with Crippen LogP contribution >= 0.6 is 0 Å². The van der Waals surface area contributed by atoms with Crippen molar-refractivity contribution < 1.29 is 9.90 Å². The Bertz CT molecular complexity index is 686. The van der Waals surface area contributed by atoms with Crippen molar-refractivity contribution in [3.05, 3.63) is 12.3 Å². The molecule has 4 rings (SSSR count). The lowest BCUT2D eigenvalue weighted by atomic mass is 9.98. The molecule has 8 nitrogen and oxygen atoms in total. The molecule has 3 fully saturated rings. The van der Waals surface area contributed by atoms with E-state index in [9.17, 15) is 4.79 Å². The number of carboxylic acids is 1. The van der Waals surface area contributed by atoms with Crippen LogP contribution in [0.2, 0.25) is 0 Å². The van der Waals surface area contributed by atoms with Gasteiger partial charge in [0.1, 0.15) is 5.82 Å². The topological polar surface area (TPSA) is 84.8 Å². The number of nitrogens with one attached hydrogen (secondary N) is 1. The van der Waals surface area contributed by atoms with E-state index in [4.69, 9.17) is 10.1 Å². The maximum Gasteiger partial charge on any atom is 0.317 e.